The Morgan fingerprint density at radius 3 is 2.53 bits per heavy atom. The topological polar surface area (TPSA) is 57.6 Å². The molecule has 0 unspecified atom stereocenters. The molecule has 3 heteroatoms. The van der Waals surface area contributed by atoms with E-state index in [0.717, 1.165) is 11.4 Å². The normalized spacial score (nSPS) is 11.4. The van der Waals surface area contributed by atoms with Gasteiger partial charge in [0.2, 0.25) is 0 Å². The molecule has 0 spiro atoms. The summed E-state index contributed by atoms with van der Waals surface area (Å²) in [6.45, 7) is 6.89. The summed E-state index contributed by atoms with van der Waals surface area (Å²) in [5.41, 5.74) is 14.2. The lowest BCUT2D eigenvalue weighted by Crippen LogP contribution is -1.95. The molecule has 2 aromatic heterocycles. The second-order valence-corrected chi connectivity index (χ2v) is 5.16. The maximum absolute atomic E-state index is 5.76. The summed E-state index contributed by atoms with van der Waals surface area (Å²) >= 11 is 0. The predicted molar refractivity (Wildman–Crippen MR) is 80.2 cm³/mol. The fourth-order valence-electron chi connectivity index (χ4n) is 2.79. The van der Waals surface area contributed by atoms with E-state index in [0.29, 0.717) is 6.54 Å². The van der Waals surface area contributed by atoms with Gasteiger partial charge in [-0.05, 0) is 38.0 Å². The van der Waals surface area contributed by atoms with Gasteiger partial charge >= 0.3 is 0 Å². The van der Waals surface area contributed by atoms with Gasteiger partial charge in [0, 0.05) is 40.1 Å². The highest BCUT2D eigenvalue weighted by Gasteiger charge is 2.14. The van der Waals surface area contributed by atoms with Crippen LogP contribution in [0.4, 0.5) is 0 Å². The molecule has 3 aromatic rings. The molecule has 0 amide bonds. The monoisotopic (exact) mass is 253 g/mol. The zero-order valence-corrected chi connectivity index (χ0v) is 11.6. The summed E-state index contributed by atoms with van der Waals surface area (Å²) in [6, 6.07) is 8.56. The van der Waals surface area contributed by atoms with Gasteiger partial charge < -0.3 is 15.7 Å². The molecule has 0 bridgehead atoms. The SMILES string of the molecule is Cc1[nH]c(-c2c(C)[nH]c3c(C)cccc23)cc1CN. The van der Waals surface area contributed by atoms with Crippen LogP contribution in [0.15, 0.2) is 24.3 Å². The Morgan fingerprint density at radius 2 is 1.84 bits per heavy atom. The lowest BCUT2D eigenvalue weighted by atomic mass is 10.1. The Morgan fingerprint density at radius 1 is 1.05 bits per heavy atom. The van der Waals surface area contributed by atoms with Crippen molar-refractivity contribution in [3.05, 3.63) is 46.8 Å². The molecule has 0 atom stereocenters. The molecule has 3 nitrogen and oxygen atoms in total. The molecule has 1 aromatic carbocycles. The van der Waals surface area contributed by atoms with Crippen molar-refractivity contribution in [2.45, 2.75) is 27.3 Å². The predicted octanol–water partition coefficient (Wildman–Crippen LogP) is 3.55. The lowest BCUT2D eigenvalue weighted by Gasteiger charge is -1.99. The van der Waals surface area contributed by atoms with Gasteiger partial charge in [-0.15, -0.1) is 0 Å². The van der Waals surface area contributed by atoms with Gasteiger partial charge in [-0.3, -0.25) is 0 Å². The van der Waals surface area contributed by atoms with E-state index in [1.165, 1.54) is 33.3 Å². The minimum absolute atomic E-state index is 0.572. The third kappa shape index (κ3) is 1.78. The number of nitrogens with one attached hydrogen (secondary N) is 2. The number of nitrogens with two attached hydrogens (primary N) is 1. The summed E-state index contributed by atoms with van der Waals surface area (Å²) in [6.07, 6.45) is 0. The van der Waals surface area contributed by atoms with E-state index in [-0.39, 0.29) is 0 Å². The zero-order chi connectivity index (χ0) is 13.6. The number of aryl methyl sites for hydroxylation is 3. The number of aromatic amines is 2. The van der Waals surface area contributed by atoms with Crippen molar-refractivity contribution < 1.29 is 0 Å². The summed E-state index contributed by atoms with van der Waals surface area (Å²) in [5, 5.41) is 1.27. The van der Waals surface area contributed by atoms with Crippen LogP contribution >= 0.6 is 0 Å². The first kappa shape index (κ1) is 12.1. The molecule has 0 saturated carbocycles. The summed E-state index contributed by atoms with van der Waals surface area (Å²) in [5.74, 6) is 0. The largest absolute Gasteiger partial charge is 0.358 e. The highest BCUT2D eigenvalue weighted by Crippen LogP contribution is 2.33. The molecule has 0 aliphatic carbocycles. The number of rotatable bonds is 2. The van der Waals surface area contributed by atoms with Crippen LogP contribution in [0, 0.1) is 20.8 Å². The zero-order valence-electron chi connectivity index (χ0n) is 11.6. The van der Waals surface area contributed by atoms with Crippen LogP contribution in [-0.4, -0.2) is 9.97 Å². The average molecular weight is 253 g/mol. The molecule has 0 radical (unpaired) electrons. The molecule has 19 heavy (non-hydrogen) atoms. The molecule has 0 fully saturated rings. The quantitative estimate of drug-likeness (QED) is 0.642. The van der Waals surface area contributed by atoms with E-state index < -0.39 is 0 Å². The number of H-pyrrole nitrogens is 2. The smallest absolute Gasteiger partial charge is 0.0492 e. The van der Waals surface area contributed by atoms with E-state index >= 15 is 0 Å². The van der Waals surface area contributed by atoms with Crippen molar-refractivity contribution in [3.63, 3.8) is 0 Å². The number of fused-ring (bicyclic) bond motifs is 1. The maximum Gasteiger partial charge on any atom is 0.0492 e. The van der Waals surface area contributed by atoms with E-state index in [4.69, 9.17) is 5.73 Å². The third-order valence-electron chi connectivity index (χ3n) is 3.84. The van der Waals surface area contributed by atoms with E-state index in [9.17, 15) is 0 Å². The molecule has 0 saturated heterocycles. The van der Waals surface area contributed by atoms with Crippen LogP contribution in [0.1, 0.15) is 22.5 Å². The highest BCUT2D eigenvalue weighted by molar-refractivity contribution is 5.98. The Balaban J connectivity index is 2.29. The van der Waals surface area contributed by atoms with Crippen LogP contribution in [-0.2, 0) is 6.54 Å². The van der Waals surface area contributed by atoms with Gasteiger partial charge in [0.05, 0.1) is 0 Å². The van der Waals surface area contributed by atoms with E-state index in [2.05, 4.69) is 55.0 Å². The van der Waals surface area contributed by atoms with Crippen molar-refractivity contribution >= 4 is 10.9 Å². The Hall–Kier alpha value is -2.00. The van der Waals surface area contributed by atoms with Crippen LogP contribution < -0.4 is 5.73 Å². The van der Waals surface area contributed by atoms with E-state index in [1.807, 2.05) is 0 Å². The molecule has 0 aliphatic rings. The summed E-state index contributed by atoms with van der Waals surface area (Å²) in [4.78, 5) is 6.94. The molecule has 3 rings (SSSR count). The number of hydrogen-bond acceptors (Lipinski definition) is 1. The van der Waals surface area contributed by atoms with Gasteiger partial charge in [0.1, 0.15) is 0 Å². The first-order valence-electron chi connectivity index (χ1n) is 6.58. The molecule has 4 N–H and O–H groups in total. The van der Waals surface area contributed by atoms with Gasteiger partial charge in [0.15, 0.2) is 0 Å². The Kier molecular flexibility index (Phi) is 2.72. The second kappa shape index (κ2) is 4.28. The minimum Gasteiger partial charge on any atom is -0.358 e. The fraction of sp³-hybridized carbons (Fsp3) is 0.250. The Labute approximate surface area is 112 Å². The van der Waals surface area contributed by atoms with Gasteiger partial charge in [-0.2, -0.15) is 0 Å². The standard InChI is InChI=1S/C16H19N3/c1-9-5-4-6-13-15(11(3)19-16(9)13)14-7-12(8-17)10(2)18-14/h4-7,18-19H,8,17H2,1-3H3. The van der Waals surface area contributed by atoms with Crippen LogP contribution in [0.3, 0.4) is 0 Å². The third-order valence-corrected chi connectivity index (χ3v) is 3.84. The van der Waals surface area contributed by atoms with E-state index in [1.54, 1.807) is 0 Å². The second-order valence-electron chi connectivity index (χ2n) is 5.16. The molecular formula is C16H19N3. The van der Waals surface area contributed by atoms with Crippen molar-refractivity contribution in [3.8, 4) is 11.3 Å². The molecule has 0 aliphatic heterocycles. The molecule has 2 heterocycles. The first-order valence-corrected chi connectivity index (χ1v) is 6.58. The number of para-hydroxylation sites is 1. The average Bonchev–Trinajstić information content (AvgIpc) is 2.90. The van der Waals surface area contributed by atoms with Gasteiger partial charge in [0.25, 0.3) is 0 Å². The van der Waals surface area contributed by atoms with Crippen molar-refractivity contribution in [1.29, 1.82) is 0 Å². The van der Waals surface area contributed by atoms with Crippen molar-refractivity contribution in [1.82, 2.24) is 9.97 Å². The van der Waals surface area contributed by atoms with Crippen LogP contribution in [0.5, 0.6) is 0 Å². The first-order chi connectivity index (χ1) is 9.11. The van der Waals surface area contributed by atoms with Crippen LogP contribution in [0.25, 0.3) is 22.2 Å². The van der Waals surface area contributed by atoms with Crippen LogP contribution in [0.2, 0.25) is 0 Å². The van der Waals surface area contributed by atoms with Gasteiger partial charge in [-0.1, -0.05) is 18.2 Å². The summed E-state index contributed by atoms with van der Waals surface area (Å²) < 4.78 is 0. The fourth-order valence-corrected chi connectivity index (χ4v) is 2.79. The highest BCUT2D eigenvalue weighted by atomic mass is 14.8. The number of hydrogen-bond donors (Lipinski definition) is 3. The number of aromatic nitrogens is 2. The maximum atomic E-state index is 5.76. The lowest BCUT2D eigenvalue weighted by molar-refractivity contribution is 1.04. The molecule has 98 valence electrons. The van der Waals surface area contributed by atoms with Crippen molar-refractivity contribution in [2.24, 2.45) is 5.73 Å². The summed E-state index contributed by atoms with van der Waals surface area (Å²) in [7, 11) is 0. The Bertz CT molecular complexity index is 747. The van der Waals surface area contributed by atoms with Crippen molar-refractivity contribution in [2.75, 3.05) is 0 Å². The minimum atomic E-state index is 0.572. The molecular weight excluding hydrogens is 234 g/mol. The number of benzene rings is 1. The van der Waals surface area contributed by atoms with Gasteiger partial charge in [-0.25, -0.2) is 0 Å².